The number of thiophene rings is 1. The van der Waals surface area contributed by atoms with E-state index < -0.39 is 0 Å². The van der Waals surface area contributed by atoms with Crippen LogP contribution in [0, 0.1) is 17.7 Å². The molecule has 0 unspecified atom stereocenters. The molecule has 1 aromatic heterocycles. The van der Waals surface area contributed by atoms with E-state index in [2.05, 4.69) is 0 Å². The number of nitrogens with one attached hydrogen (secondary N) is 2. The van der Waals surface area contributed by atoms with E-state index in [1.807, 2.05) is 26.8 Å². The summed E-state index contributed by atoms with van der Waals surface area (Å²) in [6.07, 6.45) is 0. The zero-order valence-electron chi connectivity index (χ0n) is 9.06. The molecular weight excluding hydrogens is 194 g/mol. The summed E-state index contributed by atoms with van der Waals surface area (Å²) < 4.78 is 0. The van der Waals surface area contributed by atoms with Gasteiger partial charge in [-0.2, -0.15) is 0 Å². The molecule has 1 rings (SSSR count). The van der Waals surface area contributed by atoms with Crippen LogP contribution in [0.3, 0.4) is 0 Å². The summed E-state index contributed by atoms with van der Waals surface area (Å²) in [7, 11) is 0. The topological polar surface area (TPSA) is 73.7 Å². The van der Waals surface area contributed by atoms with Gasteiger partial charge in [-0.25, -0.2) is 0 Å². The molecule has 0 aromatic carbocycles. The maximum atomic E-state index is 7.44. The molecule has 78 valence electrons. The van der Waals surface area contributed by atoms with Crippen molar-refractivity contribution in [3.63, 3.8) is 0 Å². The van der Waals surface area contributed by atoms with Crippen molar-refractivity contribution in [2.75, 3.05) is 0 Å². The lowest BCUT2D eigenvalue weighted by molar-refractivity contribution is 1.42. The first-order chi connectivity index (χ1) is 6.52. The van der Waals surface area contributed by atoms with Crippen molar-refractivity contribution in [1.82, 2.24) is 0 Å². The Hall–Kier alpha value is -1.16. The summed E-state index contributed by atoms with van der Waals surface area (Å²) in [5.74, 6) is 0.0425. The second kappa shape index (κ2) is 5.54. The standard InChI is InChI=1S/C8H11N3S.C2H6/c1-4-3-6(8(10)11)7(12-4)5(2)9;1-2/h3,9H,1-2H3,(H3,10,11);1-2H3. The molecular formula is C10H17N3S. The van der Waals surface area contributed by atoms with E-state index in [9.17, 15) is 0 Å². The fourth-order valence-corrected chi connectivity index (χ4v) is 1.92. The molecule has 0 saturated heterocycles. The summed E-state index contributed by atoms with van der Waals surface area (Å²) in [4.78, 5) is 1.89. The first-order valence-electron chi connectivity index (χ1n) is 4.52. The maximum absolute atomic E-state index is 7.44. The van der Waals surface area contributed by atoms with Crippen LogP contribution in [0.5, 0.6) is 0 Å². The molecule has 0 spiro atoms. The van der Waals surface area contributed by atoms with E-state index in [-0.39, 0.29) is 5.84 Å². The smallest absolute Gasteiger partial charge is 0.124 e. The minimum Gasteiger partial charge on any atom is -0.384 e. The van der Waals surface area contributed by atoms with E-state index in [4.69, 9.17) is 16.6 Å². The van der Waals surface area contributed by atoms with Crippen LogP contribution < -0.4 is 5.73 Å². The van der Waals surface area contributed by atoms with Crippen LogP contribution in [0.15, 0.2) is 6.07 Å². The molecule has 0 bridgehead atoms. The Bertz CT molecular complexity index is 308. The average Bonchev–Trinajstić information content (AvgIpc) is 2.51. The second-order valence-corrected chi connectivity index (χ2v) is 3.89. The van der Waals surface area contributed by atoms with Crippen molar-refractivity contribution in [3.8, 4) is 0 Å². The molecule has 3 nitrogen and oxygen atoms in total. The lowest BCUT2D eigenvalue weighted by Crippen LogP contribution is -2.13. The number of hydrogen-bond donors (Lipinski definition) is 3. The van der Waals surface area contributed by atoms with E-state index in [0.717, 1.165) is 9.75 Å². The SMILES string of the molecule is CC.CC(=N)c1sc(C)cc1C(=N)N. The Morgan fingerprint density at radius 3 is 2.14 bits per heavy atom. The molecule has 0 aliphatic carbocycles. The van der Waals surface area contributed by atoms with Gasteiger partial charge in [-0.3, -0.25) is 5.41 Å². The molecule has 4 heteroatoms. The quantitative estimate of drug-likeness (QED) is 0.510. The number of rotatable bonds is 2. The number of amidine groups is 1. The van der Waals surface area contributed by atoms with Gasteiger partial charge in [-0.1, -0.05) is 13.8 Å². The largest absolute Gasteiger partial charge is 0.384 e. The van der Waals surface area contributed by atoms with E-state index in [1.54, 1.807) is 6.92 Å². The van der Waals surface area contributed by atoms with Crippen molar-refractivity contribution < 1.29 is 0 Å². The van der Waals surface area contributed by atoms with Crippen molar-refractivity contribution in [1.29, 1.82) is 10.8 Å². The van der Waals surface area contributed by atoms with Crippen molar-refractivity contribution in [2.24, 2.45) is 5.73 Å². The third-order valence-corrected chi connectivity index (χ3v) is 2.66. The summed E-state index contributed by atoms with van der Waals surface area (Å²) >= 11 is 1.51. The lowest BCUT2D eigenvalue weighted by atomic mass is 10.2. The van der Waals surface area contributed by atoms with Gasteiger partial charge in [-0.15, -0.1) is 11.3 Å². The predicted octanol–water partition coefficient (Wildman–Crippen LogP) is 2.75. The number of aryl methyl sites for hydroxylation is 1. The van der Waals surface area contributed by atoms with Gasteiger partial charge in [0.15, 0.2) is 0 Å². The van der Waals surface area contributed by atoms with Gasteiger partial charge in [0.1, 0.15) is 5.84 Å². The third-order valence-electron chi connectivity index (χ3n) is 1.49. The van der Waals surface area contributed by atoms with Gasteiger partial charge in [0, 0.05) is 16.2 Å². The predicted molar refractivity (Wildman–Crippen MR) is 63.9 cm³/mol. The van der Waals surface area contributed by atoms with Gasteiger partial charge >= 0.3 is 0 Å². The first kappa shape index (κ1) is 12.8. The lowest BCUT2D eigenvalue weighted by Gasteiger charge is -1.97. The number of nitrogens with two attached hydrogens (primary N) is 1. The molecule has 0 atom stereocenters. The van der Waals surface area contributed by atoms with Gasteiger partial charge in [-0.05, 0) is 19.9 Å². The average molecular weight is 211 g/mol. The number of hydrogen-bond acceptors (Lipinski definition) is 3. The van der Waals surface area contributed by atoms with Gasteiger partial charge < -0.3 is 11.1 Å². The molecule has 0 radical (unpaired) electrons. The van der Waals surface area contributed by atoms with Crippen LogP contribution in [0.1, 0.15) is 36.1 Å². The van der Waals surface area contributed by atoms with E-state index in [0.29, 0.717) is 11.3 Å². The highest BCUT2D eigenvalue weighted by atomic mass is 32.1. The van der Waals surface area contributed by atoms with Crippen molar-refractivity contribution in [3.05, 3.63) is 21.4 Å². The highest BCUT2D eigenvalue weighted by Gasteiger charge is 2.10. The minimum atomic E-state index is 0.0425. The fraction of sp³-hybridized carbons (Fsp3) is 0.400. The Balaban J connectivity index is 0.000000791. The molecule has 0 aliphatic rings. The molecule has 0 aliphatic heterocycles. The summed E-state index contributed by atoms with van der Waals surface area (Å²) in [5.41, 5.74) is 6.51. The van der Waals surface area contributed by atoms with E-state index in [1.165, 1.54) is 11.3 Å². The minimum absolute atomic E-state index is 0.0425. The molecule has 0 fully saturated rings. The maximum Gasteiger partial charge on any atom is 0.124 e. The molecule has 1 heterocycles. The van der Waals surface area contributed by atoms with Crippen LogP contribution in [-0.4, -0.2) is 11.5 Å². The van der Waals surface area contributed by atoms with Crippen LogP contribution >= 0.6 is 11.3 Å². The molecule has 1 aromatic rings. The Labute approximate surface area is 89.0 Å². The Kier molecular flexibility index (Phi) is 5.09. The zero-order valence-corrected chi connectivity index (χ0v) is 9.88. The summed E-state index contributed by atoms with van der Waals surface area (Å²) in [6, 6.07) is 1.85. The normalized spacial score (nSPS) is 8.86. The molecule has 0 amide bonds. The highest BCUT2D eigenvalue weighted by molar-refractivity contribution is 7.14. The Morgan fingerprint density at radius 2 is 1.86 bits per heavy atom. The number of nitrogen functional groups attached to an aromatic ring is 1. The van der Waals surface area contributed by atoms with Crippen LogP contribution in [-0.2, 0) is 0 Å². The van der Waals surface area contributed by atoms with Crippen LogP contribution in [0.25, 0.3) is 0 Å². The second-order valence-electron chi connectivity index (χ2n) is 2.64. The molecule has 0 saturated carbocycles. The monoisotopic (exact) mass is 211 g/mol. The molecule has 14 heavy (non-hydrogen) atoms. The molecule has 4 N–H and O–H groups in total. The van der Waals surface area contributed by atoms with Gasteiger partial charge in [0.25, 0.3) is 0 Å². The highest BCUT2D eigenvalue weighted by Crippen LogP contribution is 2.21. The summed E-state index contributed by atoms with van der Waals surface area (Å²) in [6.45, 7) is 7.65. The first-order valence-corrected chi connectivity index (χ1v) is 5.34. The van der Waals surface area contributed by atoms with Gasteiger partial charge in [0.05, 0.1) is 4.88 Å². The van der Waals surface area contributed by atoms with Crippen LogP contribution in [0.4, 0.5) is 0 Å². The Morgan fingerprint density at radius 1 is 1.36 bits per heavy atom. The zero-order chi connectivity index (χ0) is 11.3. The van der Waals surface area contributed by atoms with Gasteiger partial charge in [0.2, 0.25) is 0 Å². The van der Waals surface area contributed by atoms with Crippen molar-refractivity contribution >= 4 is 22.9 Å². The van der Waals surface area contributed by atoms with E-state index >= 15 is 0 Å². The van der Waals surface area contributed by atoms with Crippen LogP contribution in [0.2, 0.25) is 0 Å². The van der Waals surface area contributed by atoms with Crippen molar-refractivity contribution in [2.45, 2.75) is 27.7 Å². The third kappa shape index (κ3) is 2.96. The fourth-order valence-electron chi connectivity index (χ4n) is 0.993. The summed E-state index contributed by atoms with van der Waals surface area (Å²) in [5, 5.41) is 14.7.